The van der Waals surface area contributed by atoms with Crippen molar-refractivity contribution in [3.05, 3.63) is 35.7 Å². The normalized spacial score (nSPS) is 24.0. The van der Waals surface area contributed by atoms with Gasteiger partial charge in [0.2, 0.25) is 5.91 Å². The minimum atomic E-state index is -4.76. The van der Waals surface area contributed by atoms with E-state index in [9.17, 15) is 22.8 Å². The molecule has 2 aromatic rings. The van der Waals surface area contributed by atoms with E-state index in [4.69, 9.17) is 4.74 Å². The zero-order chi connectivity index (χ0) is 23.9. The standard InChI is InChI=1S/C22H24F3N5O4/c23-22(24,25)34-17-4-2-16(3-5-17)33-12-20(31)29-8-14-10-30(11-15(14)9-29)21(32)13-1-6-18-19(7-13)27-28-26-18/h2-5,13-15H,1,6-12H2,(H,26,27,28)/t13-,14-,15-/m1/s1. The number of nitrogens with zero attached hydrogens (tertiary/aromatic N) is 4. The predicted molar refractivity (Wildman–Crippen MR) is 111 cm³/mol. The van der Waals surface area contributed by atoms with Gasteiger partial charge in [-0.1, -0.05) is 5.21 Å². The highest BCUT2D eigenvalue weighted by Gasteiger charge is 2.44. The molecule has 2 aliphatic heterocycles. The number of aromatic amines is 1. The molecule has 1 aromatic heterocycles. The molecule has 1 N–H and O–H groups in total. The zero-order valence-corrected chi connectivity index (χ0v) is 18.3. The largest absolute Gasteiger partial charge is 0.573 e. The van der Waals surface area contributed by atoms with Crippen molar-refractivity contribution in [3.63, 3.8) is 0 Å². The SMILES string of the molecule is O=C(COc1ccc(OC(F)(F)F)cc1)N1C[C@@H]2CN(C(=O)[C@@H]3CCc4[nH]nnc4C3)C[C@H]2C1. The summed E-state index contributed by atoms with van der Waals surface area (Å²) in [6, 6.07) is 4.91. The molecular weight excluding hydrogens is 455 g/mol. The van der Waals surface area contributed by atoms with Gasteiger partial charge in [-0.3, -0.25) is 14.7 Å². The fourth-order valence-corrected chi connectivity index (χ4v) is 5.11. The van der Waals surface area contributed by atoms with Crippen LogP contribution in [0.2, 0.25) is 0 Å². The first-order chi connectivity index (χ1) is 16.2. The Labute approximate surface area is 193 Å². The van der Waals surface area contributed by atoms with Crippen molar-refractivity contribution in [3.8, 4) is 11.5 Å². The molecule has 182 valence electrons. The average molecular weight is 479 g/mol. The van der Waals surface area contributed by atoms with Crippen LogP contribution in [-0.2, 0) is 22.4 Å². The average Bonchev–Trinajstić information content (AvgIpc) is 3.51. The predicted octanol–water partition coefficient (Wildman–Crippen LogP) is 1.80. The van der Waals surface area contributed by atoms with Crippen LogP contribution in [0.15, 0.2) is 24.3 Å². The number of alkyl halides is 3. The highest BCUT2D eigenvalue weighted by Crippen LogP contribution is 2.34. The van der Waals surface area contributed by atoms with Crippen molar-refractivity contribution >= 4 is 11.8 Å². The number of carbonyl (C=O) groups is 2. The lowest BCUT2D eigenvalue weighted by Gasteiger charge is -2.27. The Kier molecular flexibility index (Phi) is 5.82. The van der Waals surface area contributed by atoms with Gasteiger partial charge in [-0.2, -0.15) is 0 Å². The number of hydrogen-bond donors (Lipinski definition) is 1. The summed E-state index contributed by atoms with van der Waals surface area (Å²) < 4.78 is 46.0. The molecule has 0 saturated carbocycles. The number of ether oxygens (including phenoxy) is 2. The molecule has 3 heterocycles. The smallest absolute Gasteiger partial charge is 0.484 e. The van der Waals surface area contributed by atoms with Gasteiger partial charge in [-0.25, -0.2) is 0 Å². The highest BCUT2D eigenvalue weighted by atomic mass is 19.4. The minimum absolute atomic E-state index is 0.0736. The Hall–Kier alpha value is -3.31. The monoisotopic (exact) mass is 479 g/mol. The van der Waals surface area contributed by atoms with Gasteiger partial charge in [0.05, 0.1) is 11.4 Å². The molecule has 3 aliphatic rings. The van der Waals surface area contributed by atoms with E-state index in [0.717, 1.165) is 36.4 Å². The van der Waals surface area contributed by atoms with Crippen LogP contribution < -0.4 is 9.47 Å². The Morgan fingerprint density at radius 1 is 1.03 bits per heavy atom. The summed E-state index contributed by atoms with van der Waals surface area (Å²) in [5.74, 6) is 0.288. The molecule has 3 atom stereocenters. The molecule has 5 rings (SSSR count). The Morgan fingerprint density at radius 2 is 1.68 bits per heavy atom. The number of halogens is 3. The number of carbonyl (C=O) groups excluding carboxylic acids is 2. The number of fused-ring (bicyclic) bond motifs is 2. The molecule has 0 spiro atoms. The fraction of sp³-hybridized carbons (Fsp3) is 0.545. The summed E-state index contributed by atoms with van der Waals surface area (Å²) in [5.41, 5.74) is 1.90. The van der Waals surface area contributed by atoms with Crippen LogP contribution in [0.4, 0.5) is 13.2 Å². The first kappa shape index (κ1) is 22.5. The number of H-pyrrole nitrogens is 1. The second-order valence-corrected chi connectivity index (χ2v) is 9.05. The molecule has 1 aliphatic carbocycles. The summed E-state index contributed by atoms with van der Waals surface area (Å²) in [6.07, 6.45) is -2.59. The quantitative estimate of drug-likeness (QED) is 0.702. The molecular formula is C22H24F3N5O4. The fourth-order valence-electron chi connectivity index (χ4n) is 5.11. The van der Waals surface area contributed by atoms with Crippen LogP contribution in [0.5, 0.6) is 11.5 Å². The van der Waals surface area contributed by atoms with Crippen molar-refractivity contribution in [2.24, 2.45) is 17.8 Å². The maximum Gasteiger partial charge on any atom is 0.573 e. The Bertz CT molecular complexity index is 1040. The summed E-state index contributed by atoms with van der Waals surface area (Å²) in [7, 11) is 0. The van der Waals surface area contributed by atoms with Crippen LogP contribution in [0.3, 0.4) is 0 Å². The molecule has 34 heavy (non-hydrogen) atoms. The summed E-state index contributed by atoms with van der Waals surface area (Å²) in [4.78, 5) is 29.3. The van der Waals surface area contributed by atoms with E-state index < -0.39 is 6.36 Å². The maximum atomic E-state index is 13.0. The van der Waals surface area contributed by atoms with Crippen LogP contribution in [0.25, 0.3) is 0 Å². The van der Waals surface area contributed by atoms with Crippen molar-refractivity contribution < 1.29 is 32.2 Å². The number of hydrogen-bond acceptors (Lipinski definition) is 6. The van der Waals surface area contributed by atoms with Gasteiger partial charge >= 0.3 is 6.36 Å². The number of aryl methyl sites for hydroxylation is 1. The molecule has 2 fully saturated rings. The third-order valence-electron chi connectivity index (χ3n) is 6.81. The molecule has 0 unspecified atom stereocenters. The van der Waals surface area contributed by atoms with Crippen LogP contribution in [0, 0.1) is 17.8 Å². The molecule has 0 bridgehead atoms. The second-order valence-electron chi connectivity index (χ2n) is 9.05. The van der Waals surface area contributed by atoms with Gasteiger partial charge in [0.25, 0.3) is 5.91 Å². The van der Waals surface area contributed by atoms with Crippen molar-refractivity contribution in [1.29, 1.82) is 0 Å². The van der Waals surface area contributed by atoms with Gasteiger partial charge in [-0.05, 0) is 37.1 Å². The van der Waals surface area contributed by atoms with E-state index in [1.807, 2.05) is 4.90 Å². The maximum absolute atomic E-state index is 13.0. The van der Waals surface area contributed by atoms with Gasteiger partial charge in [0.1, 0.15) is 11.5 Å². The first-order valence-electron chi connectivity index (χ1n) is 11.2. The Morgan fingerprint density at radius 3 is 2.35 bits per heavy atom. The summed E-state index contributed by atoms with van der Waals surface area (Å²) in [6.45, 7) is 2.19. The molecule has 12 heteroatoms. The lowest BCUT2D eigenvalue weighted by molar-refractivity contribution is -0.274. The summed E-state index contributed by atoms with van der Waals surface area (Å²) >= 11 is 0. The number of nitrogens with one attached hydrogen (secondary N) is 1. The highest BCUT2D eigenvalue weighted by molar-refractivity contribution is 5.80. The van der Waals surface area contributed by atoms with E-state index in [0.29, 0.717) is 32.6 Å². The molecule has 9 nitrogen and oxygen atoms in total. The van der Waals surface area contributed by atoms with Crippen LogP contribution in [-0.4, -0.2) is 76.2 Å². The third kappa shape index (κ3) is 4.80. The number of aromatic nitrogens is 3. The third-order valence-corrected chi connectivity index (χ3v) is 6.81. The van der Waals surface area contributed by atoms with E-state index in [2.05, 4.69) is 20.1 Å². The number of rotatable bonds is 5. The lowest BCUT2D eigenvalue weighted by atomic mass is 9.89. The van der Waals surface area contributed by atoms with E-state index in [1.54, 1.807) is 4.90 Å². The summed E-state index contributed by atoms with van der Waals surface area (Å²) in [5, 5.41) is 10.8. The Balaban J connectivity index is 1.08. The molecule has 2 amide bonds. The van der Waals surface area contributed by atoms with E-state index in [1.165, 1.54) is 12.1 Å². The van der Waals surface area contributed by atoms with E-state index in [-0.39, 0.29) is 47.7 Å². The molecule has 1 aromatic carbocycles. The number of likely N-dealkylation sites (tertiary alicyclic amines) is 2. The van der Waals surface area contributed by atoms with Crippen molar-refractivity contribution in [2.75, 3.05) is 32.8 Å². The van der Waals surface area contributed by atoms with Crippen LogP contribution in [0.1, 0.15) is 17.8 Å². The molecule has 0 radical (unpaired) electrons. The molecule has 2 saturated heterocycles. The zero-order valence-electron chi connectivity index (χ0n) is 18.3. The number of amides is 2. The first-order valence-corrected chi connectivity index (χ1v) is 11.2. The van der Waals surface area contributed by atoms with Crippen LogP contribution >= 0.6 is 0 Å². The van der Waals surface area contributed by atoms with E-state index >= 15 is 0 Å². The topological polar surface area (TPSA) is 101 Å². The number of benzene rings is 1. The van der Waals surface area contributed by atoms with Gasteiger partial charge in [-0.15, -0.1) is 18.3 Å². The van der Waals surface area contributed by atoms with Gasteiger partial charge in [0.15, 0.2) is 6.61 Å². The van der Waals surface area contributed by atoms with Gasteiger partial charge in [0, 0.05) is 50.4 Å². The minimum Gasteiger partial charge on any atom is -0.484 e. The van der Waals surface area contributed by atoms with Crippen molar-refractivity contribution in [2.45, 2.75) is 25.6 Å². The second kappa shape index (κ2) is 8.80. The van der Waals surface area contributed by atoms with Gasteiger partial charge < -0.3 is 19.3 Å². The lowest BCUT2D eigenvalue weighted by Crippen LogP contribution is -2.40. The van der Waals surface area contributed by atoms with Crippen molar-refractivity contribution in [1.82, 2.24) is 25.2 Å².